The summed E-state index contributed by atoms with van der Waals surface area (Å²) in [5, 5.41) is 3.91. The number of hydrogen-bond donors (Lipinski definition) is 0. The molecule has 0 aromatic carbocycles. The van der Waals surface area contributed by atoms with Gasteiger partial charge in [0.1, 0.15) is 0 Å². The van der Waals surface area contributed by atoms with Crippen molar-refractivity contribution in [2.45, 2.75) is 18.6 Å². The van der Waals surface area contributed by atoms with Gasteiger partial charge in [-0.2, -0.15) is 11.3 Å². The topological polar surface area (TPSA) is 42.0 Å². The Hall–Kier alpha value is -0.950. The van der Waals surface area contributed by atoms with Gasteiger partial charge in [0.15, 0.2) is 0 Å². The van der Waals surface area contributed by atoms with Crippen LogP contribution in [0.4, 0.5) is 0 Å². The third-order valence-electron chi connectivity index (χ3n) is 4.88. The molecular weight excluding hydrogens is 300 g/mol. The lowest BCUT2D eigenvalue weighted by atomic mass is 9.88. The number of likely N-dealkylation sites (tertiary alicyclic amines) is 2. The van der Waals surface area contributed by atoms with E-state index in [0.717, 1.165) is 44.8 Å². The Balaban J connectivity index is 1.74. The molecular formula is C16H24N2O3S. The van der Waals surface area contributed by atoms with E-state index in [9.17, 15) is 4.79 Å². The molecule has 0 spiro atoms. The van der Waals surface area contributed by atoms with Crippen LogP contribution in [0.2, 0.25) is 0 Å². The second-order valence-corrected chi connectivity index (χ2v) is 6.84. The second kappa shape index (κ2) is 7.08. The molecule has 1 amide bonds. The first-order valence-corrected chi connectivity index (χ1v) is 8.76. The van der Waals surface area contributed by atoms with E-state index in [1.54, 1.807) is 25.6 Å². The van der Waals surface area contributed by atoms with E-state index < -0.39 is 0 Å². The molecule has 2 aliphatic heterocycles. The second-order valence-electron chi connectivity index (χ2n) is 6.06. The number of hydrogen-bond acceptors (Lipinski definition) is 5. The molecule has 5 nitrogen and oxygen atoms in total. The van der Waals surface area contributed by atoms with Gasteiger partial charge < -0.3 is 14.4 Å². The van der Waals surface area contributed by atoms with Crippen LogP contribution >= 0.6 is 11.3 Å². The van der Waals surface area contributed by atoms with Gasteiger partial charge in [0, 0.05) is 51.7 Å². The largest absolute Gasteiger partial charge is 0.383 e. The number of ether oxygens (including phenoxy) is 2. The van der Waals surface area contributed by atoms with Crippen molar-refractivity contribution < 1.29 is 14.3 Å². The Kier molecular flexibility index (Phi) is 5.13. The summed E-state index contributed by atoms with van der Waals surface area (Å²) >= 11 is 1.57. The molecule has 122 valence electrons. The minimum atomic E-state index is 0.166. The number of piperidine rings is 1. The Labute approximate surface area is 135 Å². The van der Waals surface area contributed by atoms with Crippen molar-refractivity contribution in [1.82, 2.24) is 9.80 Å². The summed E-state index contributed by atoms with van der Waals surface area (Å²) in [6, 6.07) is 2.17. The quantitative estimate of drug-likeness (QED) is 0.824. The molecule has 0 unspecified atom stereocenters. The summed E-state index contributed by atoms with van der Waals surface area (Å²) in [6.07, 6.45) is 1.18. The molecule has 0 aliphatic carbocycles. The van der Waals surface area contributed by atoms with E-state index in [1.807, 2.05) is 16.8 Å². The number of carbonyl (C=O) groups is 1. The van der Waals surface area contributed by atoms with E-state index in [2.05, 4.69) is 9.80 Å². The number of amides is 1. The highest BCUT2D eigenvalue weighted by molar-refractivity contribution is 7.08. The average Bonchev–Trinajstić information content (AvgIpc) is 3.20. The van der Waals surface area contributed by atoms with Gasteiger partial charge in [-0.25, -0.2) is 0 Å². The highest BCUT2D eigenvalue weighted by Crippen LogP contribution is 2.33. The van der Waals surface area contributed by atoms with Crippen LogP contribution in [-0.2, 0) is 9.47 Å². The summed E-state index contributed by atoms with van der Waals surface area (Å²) in [7, 11) is 3.52. The molecule has 0 radical (unpaired) electrons. The van der Waals surface area contributed by atoms with Crippen molar-refractivity contribution in [2.24, 2.45) is 5.92 Å². The molecule has 0 bridgehead atoms. The molecule has 1 aromatic heterocycles. The fourth-order valence-electron chi connectivity index (χ4n) is 3.74. The molecule has 3 rings (SSSR count). The van der Waals surface area contributed by atoms with Crippen molar-refractivity contribution in [3.05, 3.63) is 22.4 Å². The predicted octanol–water partition coefficient (Wildman–Crippen LogP) is 1.56. The van der Waals surface area contributed by atoms with Crippen LogP contribution in [0.5, 0.6) is 0 Å². The van der Waals surface area contributed by atoms with Crippen LogP contribution in [0.15, 0.2) is 16.8 Å². The number of fused-ring (bicyclic) bond motifs is 1. The van der Waals surface area contributed by atoms with Gasteiger partial charge in [-0.05, 0) is 17.9 Å². The standard InChI is InChI=1S/C16H24N2O3S/c1-20-7-6-17-9-13-14(10-17)18(5-3-15(13)21-2)16(19)12-4-8-22-11-12/h4,8,11,13-15H,3,5-7,9-10H2,1-2H3/t13-,14+,15-/m0/s1. The van der Waals surface area contributed by atoms with Gasteiger partial charge in [0.05, 0.1) is 24.3 Å². The highest BCUT2D eigenvalue weighted by Gasteiger charge is 2.45. The molecule has 22 heavy (non-hydrogen) atoms. The van der Waals surface area contributed by atoms with E-state index in [-0.39, 0.29) is 18.1 Å². The van der Waals surface area contributed by atoms with Gasteiger partial charge >= 0.3 is 0 Å². The molecule has 0 N–H and O–H groups in total. The molecule has 3 heterocycles. The lowest BCUT2D eigenvalue weighted by Gasteiger charge is -2.41. The van der Waals surface area contributed by atoms with Gasteiger partial charge in [0.25, 0.3) is 5.91 Å². The Bertz CT molecular complexity index is 494. The zero-order valence-corrected chi connectivity index (χ0v) is 14.1. The van der Waals surface area contributed by atoms with E-state index in [0.29, 0.717) is 5.92 Å². The summed E-state index contributed by atoms with van der Waals surface area (Å²) < 4.78 is 10.9. The molecule has 6 heteroatoms. The molecule has 1 aromatic rings. The third kappa shape index (κ3) is 3.06. The number of carbonyl (C=O) groups excluding carboxylic acids is 1. The van der Waals surface area contributed by atoms with Crippen LogP contribution in [0.3, 0.4) is 0 Å². The van der Waals surface area contributed by atoms with Crippen LogP contribution in [-0.4, -0.2) is 74.9 Å². The van der Waals surface area contributed by atoms with E-state index in [4.69, 9.17) is 9.47 Å². The SMILES string of the molecule is COCCN1C[C@@H]2[C@@H](OC)CCN(C(=O)c3ccsc3)[C@@H]2C1. The van der Waals surface area contributed by atoms with Crippen molar-refractivity contribution in [3.8, 4) is 0 Å². The highest BCUT2D eigenvalue weighted by atomic mass is 32.1. The van der Waals surface area contributed by atoms with Crippen LogP contribution in [0.1, 0.15) is 16.8 Å². The van der Waals surface area contributed by atoms with Crippen molar-refractivity contribution in [3.63, 3.8) is 0 Å². The Morgan fingerprint density at radius 3 is 2.95 bits per heavy atom. The van der Waals surface area contributed by atoms with Crippen LogP contribution in [0, 0.1) is 5.92 Å². The normalized spacial score (nSPS) is 28.8. The molecule has 2 fully saturated rings. The van der Waals surface area contributed by atoms with Gasteiger partial charge in [0.2, 0.25) is 0 Å². The Morgan fingerprint density at radius 2 is 2.27 bits per heavy atom. The molecule has 3 atom stereocenters. The summed E-state index contributed by atoms with van der Waals surface area (Å²) in [6.45, 7) is 4.34. The maximum atomic E-state index is 12.8. The molecule has 2 aliphatic rings. The lowest BCUT2D eigenvalue weighted by molar-refractivity contribution is -0.0157. The number of thiophene rings is 1. The summed E-state index contributed by atoms with van der Waals surface area (Å²) in [5.74, 6) is 0.567. The fourth-order valence-corrected chi connectivity index (χ4v) is 4.37. The maximum Gasteiger partial charge on any atom is 0.255 e. The van der Waals surface area contributed by atoms with E-state index >= 15 is 0 Å². The fraction of sp³-hybridized carbons (Fsp3) is 0.688. The lowest BCUT2D eigenvalue weighted by Crippen LogP contribution is -2.53. The first kappa shape index (κ1) is 15.9. The zero-order valence-electron chi connectivity index (χ0n) is 13.2. The van der Waals surface area contributed by atoms with Crippen LogP contribution in [0.25, 0.3) is 0 Å². The van der Waals surface area contributed by atoms with Crippen molar-refractivity contribution in [1.29, 1.82) is 0 Å². The number of nitrogens with zero attached hydrogens (tertiary/aromatic N) is 2. The van der Waals surface area contributed by atoms with Gasteiger partial charge in [-0.1, -0.05) is 0 Å². The van der Waals surface area contributed by atoms with Gasteiger partial charge in [-0.15, -0.1) is 0 Å². The maximum absolute atomic E-state index is 12.8. The van der Waals surface area contributed by atoms with Crippen LogP contribution < -0.4 is 0 Å². The minimum Gasteiger partial charge on any atom is -0.383 e. The molecule has 0 saturated carbocycles. The van der Waals surface area contributed by atoms with Crippen molar-refractivity contribution >= 4 is 17.2 Å². The average molecular weight is 324 g/mol. The third-order valence-corrected chi connectivity index (χ3v) is 5.57. The predicted molar refractivity (Wildman–Crippen MR) is 86.4 cm³/mol. The number of methoxy groups -OCH3 is 2. The van der Waals surface area contributed by atoms with Crippen molar-refractivity contribution in [2.75, 3.05) is 47.0 Å². The summed E-state index contributed by atoms with van der Waals surface area (Å²) in [4.78, 5) is 17.2. The van der Waals surface area contributed by atoms with E-state index in [1.165, 1.54) is 0 Å². The number of rotatable bonds is 5. The van der Waals surface area contributed by atoms with Gasteiger partial charge in [-0.3, -0.25) is 9.69 Å². The minimum absolute atomic E-state index is 0.166. The zero-order chi connectivity index (χ0) is 15.5. The smallest absolute Gasteiger partial charge is 0.255 e. The first-order valence-electron chi connectivity index (χ1n) is 7.82. The monoisotopic (exact) mass is 324 g/mol. The molecule has 2 saturated heterocycles. The summed E-state index contributed by atoms with van der Waals surface area (Å²) in [5.41, 5.74) is 0.815. The first-order chi connectivity index (χ1) is 10.7. The Morgan fingerprint density at radius 1 is 1.41 bits per heavy atom.